The summed E-state index contributed by atoms with van der Waals surface area (Å²) < 4.78 is 0. The van der Waals surface area contributed by atoms with Gasteiger partial charge >= 0.3 is 0 Å². The van der Waals surface area contributed by atoms with E-state index in [1.165, 1.54) is 12.8 Å². The Bertz CT molecular complexity index is 361. The number of nitrogens with zero attached hydrogens (tertiary/aromatic N) is 2. The molecule has 2 fully saturated rings. The molecule has 3 nitrogen and oxygen atoms in total. The fraction of sp³-hybridized carbons (Fsp3) is 0.875. The molecule has 1 aliphatic heterocycles. The van der Waals surface area contributed by atoms with Gasteiger partial charge in [-0.2, -0.15) is 5.26 Å². The first-order valence-electron chi connectivity index (χ1n) is 7.83. The van der Waals surface area contributed by atoms with Crippen molar-refractivity contribution < 1.29 is 4.79 Å². The average Bonchev–Trinajstić information content (AvgIpc) is 2.76. The standard InChI is InChI=1S/C16H26N2O/c1-13(2)14-8-7-11-18(14)15(19)16(12-17)9-5-3-4-6-10-16/h13-14H,3-11H2,1-2H3. The van der Waals surface area contributed by atoms with E-state index in [9.17, 15) is 10.1 Å². The lowest BCUT2D eigenvalue weighted by Gasteiger charge is -2.34. The molecule has 1 amide bonds. The van der Waals surface area contributed by atoms with Crippen molar-refractivity contribution in [1.82, 2.24) is 4.90 Å². The molecule has 0 bridgehead atoms. The molecule has 2 rings (SSSR count). The van der Waals surface area contributed by atoms with Gasteiger partial charge in [0.2, 0.25) is 5.91 Å². The van der Waals surface area contributed by atoms with Gasteiger partial charge in [-0.25, -0.2) is 0 Å². The number of likely N-dealkylation sites (tertiary alicyclic amines) is 1. The van der Waals surface area contributed by atoms with Gasteiger partial charge in [-0.15, -0.1) is 0 Å². The van der Waals surface area contributed by atoms with Crippen molar-refractivity contribution in [3.63, 3.8) is 0 Å². The van der Waals surface area contributed by atoms with E-state index in [0.29, 0.717) is 12.0 Å². The zero-order valence-corrected chi connectivity index (χ0v) is 12.3. The Kier molecular flexibility index (Phi) is 4.50. The minimum absolute atomic E-state index is 0.133. The van der Waals surface area contributed by atoms with Gasteiger partial charge in [0.25, 0.3) is 0 Å². The van der Waals surface area contributed by atoms with Gasteiger partial charge in [0.1, 0.15) is 5.41 Å². The molecular formula is C16H26N2O. The van der Waals surface area contributed by atoms with Crippen LogP contribution in [0.3, 0.4) is 0 Å². The molecule has 1 atom stereocenters. The van der Waals surface area contributed by atoms with Crippen LogP contribution >= 0.6 is 0 Å². The lowest BCUT2D eigenvalue weighted by atomic mass is 9.80. The third kappa shape index (κ3) is 2.78. The molecule has 1 unspecified atom stereocenters. The highest BCUT2D eigenvalue weighted by Gasteiger charge is 2.45. The molecule has 3 heteroatoms. The first-order chi connectivity index (χ1) is 9.10. The third-order valence-corrected chi connectivity index (χ3v) is 4.91. The van der Waals surface area contributed by atoms with E-state index >= 15 is 0 Å². The van der Waals surface area contributed by atoms with Crippen LogP contribution < -0.4 is 0 Å². The summed E-state index contributed by atoms with van der Waals surface area (Å²) in [6.07, 6.45) is 8.13. The normalized spacial score (nSPS) is 27.1. The van der Waals surface area contributed by atoms with E-state index in [2.05, 4.69) is 19.9 Å². The zero-order valence-electron chi connectivity index (χ0n) is 12.3. The molecule has 1 saturated heterocycles. The molecule has 0 radical (unpaired) electrons. The van der Waals surface area contributed by atoms with E-state index in [4.69, 9.17) is 0 Å². The molecule has 2 aliphatic rings. The Morgan fingerprint density at radius 3 is 2.37 bits per heavy atom. The zero-order chi connectivity index (χ0) is 13.9. The maximum atomic E-state index is 12.9. The SMILES string of the molecule is CC(C)C1CCCN1C(=O)C1(C#N)CCCCCC1. The van der Waals surface area contributed by atoms with Gasteiger partial charge < -0.3 is 4.90 Å². The van der Waals surface area contributed by atoms with Crippen molar-refractivity contribution >= 4 is 5.91 Å². The van der Waals surface area contributed by atoms with Gasteiger partial charge in [0, 0.05) is 12.6 Å². The van der Waals surface area contributed by atoms with Gasteiger partial charge in [0.15, 0.2) is 0 Å². The molecule has 0 aromatic carbocycles. The van der Waals surface area contributed by atoms with Gasteiger partial charge in [-0.3, -0.25) is 4.79 Å². The summed E-state index contributed by atoms with van der Waals surface area (Å²) in [4.78, 5) is 15.0. The Labute approximate surface area is 117 Å². The largest absolute Gasteiger partial charge is 0.338 e. The first-order valence-corrected chi connectivity index (χ1v) is 7.83. The van der Waals surface area contributed by atoms with Crippen LogP contribution in [0, 0.1) is 22.7 Å². The number of hydrogen-bond acceptors (Lipinski definition) is 2. The van der Waals surface area contributed by atoms with Crippen LogP contribution in [0.25, 0.3) is 0 Å². The van der Waals surface area contributed by atoms with Crippen molar-refractivity contribution in [1.29, 1.82) is 5.26 Å². The number of hydrogen-bond donors (Lipinski definition) is 0. The summed E-state index contributed by atoms with van der Waals surface area (Å²) in [6.45, 7) is 5.22. The highest BCUT2D eigenvalue weighted by Crippen LogP contribution is 2.38. The minimum Gasteiger partial charge on any atom is -0.338 e. The molecule has 0 spiro atoms. The van der Waals surface area contributed by atoms with Crippen molar-refractivity contribution in [2.24, 2.45) is 11.3 Å². The summed E-state index contributed by atoms with van der Waals surface area (Å²) in [5.41, 5.74) is -0.714. The minimum atomic E-state index is -0.714. The Morgan fingerprint density at radius 1 is 1.21 bits per heavy atom. The van der Waals surface area contributed by atoms with Gasteiger partial charge in [-0.05, 0) is 31.6 Å². The third-order valence-electron chi connectivity index (χ3n) is 4.91. The lowest BCUT2D eigenvalue weighted by molar-refractivity contribution is -0.141. The van der Waals surface area contributed by atoms with Crippen LogP contribution in [0.2, 0.25) is 0 Å². The van der Waals surface area contributed by atoms with Gasteiger partial charge in [0.05, 0.1) is 6.07 Å². The highest BCUT2D eigenvalue weighted by atomic mass is 16.2. The second-order valence-corrected chi connectivity index (χ2v) is 6.56. The summed E-state index contributed by atoms with van der Waals surface area (Å²) >= 11 is 0. The molecule has 106 valence electrons. The predicted molar refractivity (Wildman–Crippen MR) is 75.3 cm³/mol. The van der Waals surface area contributed by atoms with Crippen LogP contribution in [0.4, 0.5) is 0 Å². The maximum absolute atomic E-state index is 12.9. The molecule has 0 aromatic rings. The Balaban J connectivity index is 2.18. The van der Waals surface area contributed by atoms with Crippen LogP contribution in [0.5, 0.6) is 0 Å². The van der Waals surface area contributed by atoms with E-state index in [1.54, 1.807) is 0 Å². The van der Waals surface area contributed by atoms with E-state index in [1.807, 2.05) is 4.90 Å². The molecular weight excluding hydrogens is 236 g/mol. The predicted octanol–water partition coefficient (Wildman–Crippen LogP) is 3.50. The van der Waals surface area contributed by atoms with Crippen molar-refractivity contribution in [2.75, 3.05) is 6.54 Å². The lowest BCUT2D eigenvalue weighted by Crippen LogP contribution is -2.47. The summed E-state index contributed by atoms with van der Waals surface area (Å²) in [7, 11) is 0. The Hall–Kier alpha value is -1.04. The highest BCUT2D eigenvalue weighted by molar-refractivity contribution is 5.86. The number of carbonyl (C=O) groups is 1. The number of nitriles is 1. The fourth-order valence-corrected chi connectivity index (χ4v) is 3.72. The van der Waals surface area contributed by atoms with E-state index in [0.717, 1.165) is 45.1 Å². The molecule has 1 aliphatic carbocycles. The molecule has 1 saturated carbocycles. The molecule has 1 heterocycles. The molecule has 0 N–H and O–H groups in total. The topological polar surface area (TPSA) is 44.1 Å². The Morgan fingerprint density at radius 2 is 1.84 bits per heavy atom. The van der Waals surface area contributed by atoms with Crippen LogP contribution in [-0.4, -0.2) is 23.4 Å². The van der Waals surface area contributed by atoms with Crippen LogP contribution in [-0.2, 0) is 4.79 Å². The average molecular weight is 262 g/mol. The second-order valence-electron chi connectivity index (χ2n) is 6.56. The van der Waals surface area contributed by atoms with Crippen molar-refractivity contribution in [3.8, 4) is 6.07 Å². The fourth-order valence-electron chi connectivity index (χ4n) is 3.72. The number of rotatable bonds is 2. The van der Waals surface area contributed by atoms with Crippen molar-refractivity contribution in [3.05, 3.63) is 0 Å². The van der Waals surface area contributed by atoms with Crippen LogP contribution in [0.1, 0.15) is 65.2 Å². The van der Waals surface area contributed by atoms with Crippen LogP contribution in [0.15, 0.2) is 0 Å². The quantitative estimate of drug-likeness (QED) is 0.715. The molecule has 19 heavy (non-hydrogen) atoms. The smallest absolute Gasteiger partial charge is 0.243 e. The summed E-state index contributed by atoms with van der Waals surface area (Å²) in [6, 6.07) is 2.75. The number of carbonyl (C=O) groups excluding carboxylic acids is 1. The first kappa shape index (κ1) is 14.4. The summed E-state index contributed by atoms with van der Waals surface area (Å²) in [5, 5.41) is 9.62. The monoisotopic (exact) mass is 262 g/mol. The maximum Gasteiger partial charge on any atom is 0.243 e. The van der Waals surface area contributed by atoms with E-state index in [-0.39, 0.29) is 5.91 Å². The summed E-state index contributed by atoms with van der Waals surface area (Å²) in [5.74, 6) is 0.626. The number of amides is 1. The van der Waals surface area contributed by atoms with Gasteiger partial charge in [-0.1, -0.05) is 39.5 Å². The molecule has 0 aromatic heterocycles. The van der Waals surface area contributed by atoms with Crippen molar-refractivity contribution in [2.45, 2.75) is 71.3 Å². The van der Waals surface area contributed by atoms with E-state index < -0.39 is 5.41 Å². The second kappa shape index (κ2) is 5.94.